The quantitative estimate of drug-likeness (QED) is 0.651. The van der Waals surface area contributed by atoms with Gasteiger partial charge in [0.15, 0.2) is 0 Å². The lowest BCUT2D eigenvalue weighted by Crippen LogP contribution is -2.21. The summed E-state index contributed by atoms with van der Waals surface area (Å²) in [5.41, 5.74) is 4.21. The SMILES string of the molecule is COc1ccc(C2=CN(c3ccc(O)cc3)Cc3c(O)cc(O)cc32)cc1. The van der Waals surface area contributed by atoms with Crippen LogP contribution in [0.5, 0.6) is 23.0 Å². The number of hydrogen-bond donors (Lipinski definition) is 3. The summed E-state index contributed by atoms with van der Waals surface area (Å²) in [5.74, 6) is 1.02. The first-order chi connectivity index (χ1) is 13.0. The second kappa shape index (κ2) is 6.61. The van der Waals surface area contributed by atoms with Crippen LogP contribution < -0.4 is 9.64 Å². The lowest BCUT2D eigenvalue weighted by Gasteiger charge is -2.30. The molecule has 0 amide bonds. The molecule has 1 aliphatic heterocycles. The van der Waals surface area contributed by atoms with Gasteiger partial charge in [0, 0.05) is 29.1 Å². The molecular formula is C22H19NO4. The van der Waals surface area contributed by atoms with E-state index in [-0.39, 0.29) is 17.2 Å². The molecule has 27 heavy (non-hydrogen) atoms. The normalized spacial score (nSPS) is 13.1. The molecule has 1 aliphatic rings. The Labute approximate surface area is 157 Å². The first kappa shape index (κ1) is 16.8. The zero-order chi connectivity index (χ0) is 19.0. The summed E-state index contributed by atoms with van der Waals surface area (Å²) >= 11 is 0. The minimum absolute atomic E-state index is 0.0174. The minimum atomic E-state index is 0.0174. The Bertz CT molecular complexity index is 1010. The van der Waals surface area contributed by atoms with Gasteiger partial charge in [-0.1, -0.05) is 12.1 Å². The van der Waals surface area contributed by atoms with Gasteiger partial charge < -0.3 is 25.0 Å². The highest BCUT2D eigenvalue weighted by Crippen LogP contribution is 2.40. The fourth-order valence-electron chi connectivity index (χ4n) is 3.30. The molecule has 5 heteroatoms. The fraction of sp³-hybridized carbons (Fsp3) is 0.0909. The van der Waals surface area contributed by atoms with E-state index in [1.54, 1.807) is 25.3 Å². The van der Waals surface area contributed by atoms with Crippen LogP contribution in [0.3, 0.4) is 0 Å². The third kappa shape index (κ3) is 3.15. The Balaban J connectivity index is 1.86. The van der Waals surface area contributed by atoms with E-state index in [1.165, 1.54) is 6.07 Å². The van der Waals surface area contributed by atoms with Gasteiger partial charge in [-0.25, -0.2) is 0 Å². The average Bonchev–Trinajstić information content (AvgIpc) is 2.68. The number of ether oxygens (including phenoxy) is 1. The molecule has 0 aliphatic carbocycles. The van der Waals surface area contributed by atoms with E-state index in [0.29, 0.717) is 6.54 Å². The Morgan fingerprint density at radius 1 is 0.852 bits per heavy atom. The Kier molecular flexibility index (Phi) is 4.12. The molecule has 3 aromatic rings. The monoisotopic (exact) mass is 361 g/mol. The molecule has 4 rings (SSSR count). The fourth-order valence-corrected chi connectivity index (χ4v) is 3.30. The van der Waals surface area contributed by atoms with Crippen molar-refractivity contribution in [3.63, 3.8) is 0 Å². The van der Waals surface area contributed by atoms with Crippen molar-refractivity contribution in [1.82, 2.24) is 0 Å². The number of fused-ring (bicyclic) bond motifs is 1. The van der Waals surface area contributed by atoms with Gasteiger partial charge in [0.25, 0.3) is 0 Å². The highest BCUT2D eigenvalue weighted by molar-refractivity contribution is 5.86. The van der Waals surface area contributed by atoms with Gasteiger partial charge in [-0.15, -0.1) is 0 Å². The second-order valence-electron chi connectivity index (χ2n) is 6.41. The molecule has 0 aromatic heterocycles. The van der Waals surface area contributed by atoms with E-state index in [0.717, 1.165) is 33.7 Å². The molecule has 1 heterocycles. The predicted molar refractivity (Wildman–Crippen MR) is 104 cm³/mol. The van der Waals surface area contributed by atoms with Crippen LogP contribution in [0.25, 0.3) is 5.57 Å². The van der Waals surface area contributed by atoms with Crippen molar-refractivity contribution in [2.45, 2.75) is 6.54 Å². The number of hydrogen-bond acceptors (Lipinski definition) is 5. The van der Waals surface area contributed by atoms with Crippen LogP contribution in [0.15, 0.2) is 66.9 Å². The van der Waals surface area contributed by atoms with E-state index >= 15 is 0 Å². The van der Waals surface area contributed by atoms with Gasteiger partial charge in [0.1, 0.15) is 23.0 Å². The Morgan fingerprint density at radius 2 is 1.56 bits per heavy atom. The van der Waals surface area contributed by atoms with Crippen molar-refractivity contribution in [2.75, 3.05) is 12.0 Å². The predicted octanol–water partition coefficient (Wildman–Crippen LogP) is 4.22. The number of aromatic hydroxyl groups is 3. The number of nitrogens with zero attached hydrogens (tertiary/aromatic N) is 1. The topological polar surface area (TPSA) is 73.2 Å². The lowest BCUT2D eigenvalue weighted by atomic mass is 9.90. The van der Waals surface area contributed by atoms with Crippen LogP contribution in [0.4, 0.5) is 5.69 Å². The zero-order valence-corrected chi connectivity index (χ0v) is 14.8. The summed E-state index contributed by atoms with van der Waals surface area (Å²) in [4.78, 5) is 2.00. The van der Waals surface area contributed by atoms with Crippen LogP contribution >= 0.6 is 0 Å². The second-order valence-corrected chi connectivity index (χ2v) is 6.41. The maximum absolute atomic E-state index is 10.4. The summed E-state index contributed by atoms with van der Waals surface area (Å²) in [6.45, 7) is 0.450. The third-order valence-electron chi connectivity index (χ3n) is 4.70. The van der Waals surface area contributed by atoms with Crippen LogP contribution in [-0.4, -0.2) is 22.4 Å². The third-order valence-corrected chi connectivity index (χ3v) is 4.70. The number of phenolic OH excluding ortho intramolecular Hbond substituents is 3. The molecule has 0 fully saturated rings. The maximum atomic E-state index is 10.4. The number of methoxy groups -OCH3 is 1. The van der Waals surface area contributed by atoms with Crippen LogP contribution in [0.2, 0.25) is 0 Å². The van der Waals surface area contributed by atoms with Gasteiger partial charge >= 0.3 is 0 Å². The van der Waals surface area contributed by atoms with Crippen molar-refractivity contribution in [3.8, 4) is 23.0 Å². The molecule has 5 nitrogen and oxygen atoms in total. The molecule has 0 unspecified atom stereocenters. The minimum Gasteiger partial charge on any atom is -0.508 e. The van der Waals surface area contributed by atoms with Gasteiger partial charge in [-0.3, -0.25) is 0 Å². The van der Waals surface area contributed by atoms with E-state index in [1.807, 2.05) is 47.5 Å². The molecule has 3 aromatic carbocycles. The number of anilines is 1. The zero-order valence-electron chi connectivity index (χ0n) is 14.8. The summed E-state index contributed by atoms with van der Waals surface area (Å²) in [5, 5.41) is 30.0. The van der Waals surface area contributed by atoms with Crippen LogP contribution in [0, 0.1) is 0 Å². The van der Waals surface area contributed by atoms with Crippen molar-refractivity contribution >= 4 is 11.3 Å². The van der Waals surface area contributed by atoms with Gasteiger partial charge in [0.2, 0.25) is 0 Å². The Hall–Kier alpha value is -3.60. The van der Waals surface area contributed by atoms with Crippen molar-refractivity contribution < 1.29 is 20.1 Å². The number of rotatable bonds is 3. The molecule has 0 bridgehead atoms. The van der Waals surface area contributed by atoms with Crippen molar-refractivity contribution in [1.29, 1.82) is 0 Å². The van der Waals surface area contributed by atoms with Gasteiger partial charge in [-0.2, -0.15) is 0 Å². The van der Waals surface area contributed by atoms with Crippen LogP contribution in [0.1, 0.15) is 16.7 Å². The number of phenols is 3. The first-order valence-electron chi connectivity index (χ1n) is 8.52. The summed E-state index contributed by atoms with van der Waals surface area (Å²) in [7, 11) is 1.62. The molecular weight excluding hydrogens is 342 g/mol. The lowest BCUT2D eigenvalue weighted by molar-refractivity contribution is 0.415. The summed E-state index contributed by atoms with van der Waals surface area (Å²) < 4.78 is 5.23. The smallest absolute Gasteiger partial charge is 0.124 e. The van der Waals surface area contributed by atoms with Crippen molar-refractivity contribution in [2.24, 2.45) is 0 Å². The molecule has 136 valence electrons. The maximum Gasteiger partial charge on any atom is 0.124 e. The molecule has 0 saturated heterocycles. The van der Waals surface area contributed by atoms with E-state index in [2.05, 4.69) is 0 Å². The molecule has 0 atom stereocenters. The highest BCUT2D eigenvalue weighted by atomic mass is 16.5. The van der Waals surface area contributed by atoms with E-state index in [9.17, 15) is 15.3 Å². The van der Waals surface area contributed by atoms with E-state index < -0.39 is 0 Å². The molecule has 3 N–H and O–H groups in total. The number of benzene rings is 3. The standard InChI is InChI=1S/C22H19NO4/c1-27-18-8-2-14(3-9-18)20-12-23(15-4-6-16(24)7-5-15)13-21-19(20)10-17(25)11-22(21)26/h2-12,24-26H,13H2,1H3. The Morgan fingerprint density at radius 3 is 2.22 bits per heavy atom. The van der Waals surface area contributed by atoms with Gasteiger partial charge in [0.05, 0.1) is 13.7 Å². The van der Waals surface area contributed by atoms with Crippen LogP contribution in [-0.2, 0) is 6.54 Å². The molecule has 0 spiro atoms. The average molecular weight is 361 g/mol. The summed E-state index contributed by atoms with van der Waals surface area (Å²) in [6, 6.07) is 17.5. The molecule has 0 radical (unpaired) electrons. The summed E-state index contributed by atoms with van der Waals surface area (Å²) in [6.07, 6.45) is 1.98. The van der Waals surface area contributed by atoms with E-state index in [4.69, 9.17) is 4.74 Å². The molecule has 0 saturated carbocycles. The largest absolute Gasteiger partial charge is 0.508 e. The van der Waals surface area contributed by atoms with Crippen molar-refractivity contribution in [3.05, 3.63) is 83.6 Å². The van der Waals surface area contributed by atoms with Gasteiger partial charge in [-0.05, 0) is 53.6 Å². The highest BCUT2D eigenvalue weighted by Gasteiger charge is 2.23. The first-order valence-corrected chi connectivity index (χ1v) is 8.52.